The van der Waals surface area contributed by atoms with Gasteiger partial charge in [-0.25, -0.2) is 9.97 Å². The van der Waals surface area contributed by atoms with Crippen LogP contribution in [-0.2, 0) is 6.54 Å². The van der Waals surface area contributed by atoms with Crippen LogP contribution >= 0.6 is 27.3 Å². The van der Waals surface area contributed by atoms with Crippen molar-refractivity contribution in [1.29, 1.82) is 0 Å². The highest BCUT2D eigenvalue weighted by Crippen LogP contribution is 2.32. The number of thiophene rings is 1. The first-order valence-electron chi connectivity index (χ1n) is 8.16. The van der Waals surface area contributed by atoms with E-state index in [9.17, 15) is 0 Å². The maximum Gasteiger partial charge on any atom is 0.199 e. The molecule has 0 aliphatic carbocycles. The minimum Gasteiger partial charge on any atom is -0.446 e. The molecule has 0 aromatic carbocycles. The van der Waals surface area contributed by atoms with Crippen molar-refractivity contribution in [2.24, 2.45) is 0 Å². The molecule has 1 saturated heterocycles. The van der Waals surface area contributed by atoms with Crippen molar-refractivity contribution in [3.8, 4) is 11.6 Å². The molecule has 0 amide bonds. The monoisotopic (exact) mass is 406 g/mol. The number of nitrogens with two attached hydrogens (primary N) is 1. The molecule has 1 aliphatic rings. The fourth-order valence-corrected chi connectivity index (χ4v) is 4.58. The van der Waals surface area contributed by atoms with Gasteiger partial charge in [0, 0.05) is 17.5 Å². The van der Waals surface area contributed by atoms with Crippen LogP contribution in [-0.4, -0.2) is 27.5 Å². The van der Waals surface area contributed by atoms with E-state index in [2.05, 4.69) is 43.8 Å². The molecule has 4 rings (SSSR count). The second kappa shape index (κ2) is 6.46. The standard InChI is InChI=1S/C17H19BrN4OS/c1-10-4-2-3-7-22(10)9-11-8-12-15(19)20-16(21-17(12)24-11)13-5-6-14(18)23-13/h5-6,8,10H,2-4,7,9H2,1H3,(H2,19,20,21)/t10-/m0/s1. The van der Waals surface area contributed by atoms with Gasteiger partial charge >= 0.3 is 0 Å². The van der Waals surface area contributed by atoms with Crippen LogP contribution < -0.4 is 5.73 Å². The van der Waals surface area contributed by atoms with Gasteiger partial charge in [0.05, 0.1) is 5.39 Å². The third-order valence-corrected chi connectivity index (χ3v) is 6.01. The molecule has 3 aromatic rings. The molecule has 0 radical (unpaired) electrons. The Morgan fingerprint density at radius 3 is 3.00 bits per heavy atom. The molecule has 2 N–H and O–H groups in total. The predicted octanol–water partition coefficient (Wildman–Crippen LogP) is 4.67. The fourth-order valence-electron chi connectivity index (χ4n) is 3.21. The summed E-state index contributed by atoms with van der Waals surface area (Å²) in [6.07, 6.45) is 3.91. The number of nitrogen functional groups attached to an aromatic ring is 1. The molecule has 0 unspecified atom stereocenters. The smallest absolute Gasteiger partial charge is 0.199 e. The summed E-state index contributed by atoms with van der Waals surface area (Å²) in [4.78, 5) is 13.8. The molecule has 1 aliphatic heterocycles. The van der Waals surface area contributed by atoms with Crippen LogP contribution in [0.15, 0.2) is 27.3 Å². The Hall–Kier alpha value is -1.44. The minimum absolute atomic E-state index is 0.511. The van der Waals surface area contributed by atoms with Crippen LogP contribution in [0.3, 0.4) is 0 Å². The number of likely N-dealkylation sites (tertiary alicyclic amines) is 1. The summed E-state index contributed by atoms with van der Waals surface area (Å²) in [6.45, 7) is 4.44. The molecule has 1 fully saturated rings. The number of fused-ring (bicyclic) bond motifs is 1. The quantitative estimate of drug-likeness (QED) is 0.684. The molecule has 5 nitrogen and oxygen atoms in total. The number of hydrogen-bond acceptors (Lipinski definition) is 6. The van der Waals surface area contributed by atoms with Gasteiger partial charge in [-0.05, 0) is 60.4 Å². The van der Waals surface area contributed by atoms with E-state index in [1.807, 2.05) is 12.1 Å². The average molecular weight is 407 g/mol. The van der Waals surface area contributed by atoms with Crippen LogP contribution in [0, 0.1) is 0 Å². The first-order valence-corrected chi connectivity index (χ1v) is 9.77. The average Bonchev–Trinajstić information content (AvgIpc) is 3.16. The van der Waals surface area contributed by atoms with Crippen molar-refractivity contribution >= 4 is 43.3 Å². The van der Waals surface area contributed by atoms with Gasteiger partial charge in [-0.2, -0.15) is 0 Å². The van der Waals surface area contributed by atoms with Crippen LogP contribution in [0.4, 0.5) is 5.82 Å². The Kier molecular flexibility index (Phi) is 4.32. The van der Waals surface area contributed by atoms with Gasteiger partial charge in [0.25, 0.3) is 0 Å². The number of nitrogens with zero attached hydrogens (tertiary/aromatic N) is 3. The summed E-state index contributed by atoms with van der Waals surface area (Å²) in [7, 11) is 0. The fraction of sp³-hybridized carbons (Fsp3) is 0.412. The summed E-state index contributed by atoms with van der Waals surface area (Å²) in [5, 5.41) is 0.939. The van der Waals surface area contributed by atoms with E-state index in [-0.39, 0.29) is 0 Å². The second-order valence-electron chi connectivity index (χ2n) is 6.28. The zero-order chi connectivity index (χ0) is 16.7. The molecule has 0 spiro atoms. The molecule has 3 aromatic heterocycles. The van der Waals surface area contributed by atoms with E-state index in [4.69, 9.17) is 10.2 Å². The third-order valence-electron chi connectivity index (χ3n) is 4.57. The van der Waals surface area contributed by atoms with Crippen LogP contribution in [0.1, 0.15) is 31.1 Å². The Bertz CT molecular complexity index is 875. The van der Waals surface area contributed by atoms with Gasteiger partial charge in [0.1, 0.15) is 10.6 Å². The van der Waals surface area contributed by atoms with E-state index in [0.717, 1.165) is 16.8 Å². The predicted molar refractivity (Wildman–Crippen MR) is 101 cm³/mol. The van der Waals surface area contributed by atoms with Gasteiger partial charge in [-0.1, -0.05) is 6.42 Å². The topological polar surface area (TPSA) is 68.2 Å². The zero-order valence-electron chi connectivity index (χ0n) is 13.5. The first-order chi connectivity index (χ1) is 11.6. The maximum atomic E-state index is 6.16. The van der Waals surface area contributed by atoms with Crippen molar-refractivity contribution < 1.29 is 4.42 Å². The number of anilines is 1. The Morgan fingerprint density at radius 2 is 2.25 bits per heavy atom. The Morgan fingerprint density at radius 1 is 1.38 bits per heavy atom. The van der Waals surface area contributed by atoms with Gasteiger partial charge < -0.3 is 10.2 Å². The van der Waals surface area contributed by atoms with Gasteiger partial charge in [-0.15, -0.1) is 11.3 Å². The molecule has 0 saturated carbocycles. The van der Waals surface area contributed by atoms with Crippen LogP contribution in [0.5, 0.6) is 0 Å². The largest absolute Gasteiger partial charge is 0.446 e. The lowest BCUT2D eigenvalue weighted by molar-refractivity contribution is 0.154. The number of furan rings is 1. The summed E-state index contributed by atoms with van der Waals surface area (Å²) in [6, 6.07) is 6.45. The number of aromatic nitrogens is 2. The Labute approximate surface area is 153 Å². The third kappa shape index (κ3) is 3.08. The van der Waals surface area contributed by atoms with E-state index in [1.54, 1.807) is 11.3 Å². The summed E-state index contributed by atoms with van der Waals surface area (Å²) in [5.74, 6) is 1.66. The van der Waals surface area contributed by atoms with E-state index in [1.165, 1.54) is 30.7 Å². The zero-order valence-corrected chi connectivity index (χ0v) is 15.9. The first kappa shape index (κ1) is 16.1. The number of halogens is 1. The second-order valence-corrected chi connectivity index (χ2v) is 8.18. The molecular formula is C17H19BrN4OS. The van der Waals surface area contributed by atoms with Crippen molar-refractivity contribution in [2.45, 2.75) is 38.8 Å². The van der Waals surface area contributed by atoms with E-state index < -0.39 is 0 Å². The molecule has 0 bridgehead atoms. The lowest BCUT2D eigenvalue weighted by Gasteiger charge is -2.32. The molecule has 24 heavy (non-hydrogen) atoms. The SMILES string of the molecule is C[C@H]1CCCCN1Cc1cc2c(N)nc(-c3ccc(Br)o3)nc2s1. The van der Waals surface area contributed by atoms with Crippen molar-refractivity contribution in [3.63, 3.8) is 0 Å². The summed E-state index contributed by atoms with van der Waals surface area (Å²) >= 11 is 5.00. The normalized spacial score (nSPS) is 19.2. The molecule has 1 atom stereocenters. The highest BCUT2D eigenvalue weighted by atomic mass is 79.9. The molecule has 7 heteroatoms. The number of rotatable bonds is 3. The van der Waals surface area contributed by atoms with Crippen LogP contribution in [0.25, 0.3) is 21.8 Å². The molecule has 4 heterocycles. The van der Waals surface area contributed by atoms with E-state index >= 15 is 0 Å². The van der Waals surface area contributed by atoms with Gasteiger partial charge in [0.15, 0.2) is 16.3 Å². The molecule has 126 valence electrons. The summed E-state index contributed by atoms with van der Waals surface area (Å²) in [5.41, 5.74) is 6.16. The number of hydrogen-bond donors (Lipinski definition) is 1. The molecular weight excluding hydrogens is 388 g/mol. The summed E-state index contributed by atoms with van der Waals surface area (Å²) < 4.78 is 6.21. The Balaban J connectivity index is 1.66. The maximum absolute atomic E-state index is 6.16. The van der Waals surface area contributed by atoms with E-state index in [0.29, 0.717) is 28.1 Å². The van der Waals surface area contributed by atoms with Gasteiger partial charge in [0.2, 0.25) is 0 Å². The van der Waals surface area contributed by atoms with Crippen molar-refractivity contribution in [1.82, 2.24) is 14.9 Å². The van der Waals surface area contributed by atoms with Crippen molar-refractivity contribution in [3.05, 3.63) is 27.7 Å². The highest BCUT2D eigenvalue weighted by Gasteiger charge is 2.20. The number of piperidine rings is 1. The highest BCUT2D eigenvalue weighted by molar-refractivity contribution is 9.10. The lowest BCUT2D eigenvalue weighted by atomic mass is 10.0. The van der Waals surface area contributed by atoms with Gasteiger partial charge in [-0.3, -0.25) is 4.90 Å². The van der Waals surface area contributed by atoms with Crippen molar-refractivity contribution in [2.75, 3.05) is 12.3 Å². The minimum atomic E-state index is 0.511. The van der Waals surface area contributed by atoms with Crippen LogP contribution in [0.2, 0.25) is 0 Å². The lowest BCUT2D eigenvalue weighted by Crippen LogP contribution is -2.36.